The molecule has 0 aromatic carbocycles. The molecule has 0 bridgehead atoms. The zero-order valence-electron chi connectivity index (χ0n) is 11.6. The molecule has 0 amide bonds. The number of anilines is 1. The maximum Gasteiger partial charge on any atom is 0.160 e. The van der Waals surface area contributed by atoms with Gasteiger partial charge in [0.25, 0.3) is 0 Å². The SMILES string of the molecule is Cc1cc(C)n(CCCNc2ncnc3[nH]ncc23)n1. The molecule has 3 aromatic rings. The summed E-state index contributed by atoms with van der Waals surface area (Å²) in [5.74, 6) is 0.817. The van der Waals surface area contributed by atoms with Crippen LogP contribution in [-0.4, -0.2) is 36.5 Å². The molecule has 0 spiro atoms. The monoisotopic (exact) mass is 271 g/mol. The normalized spacial score (nSPS) is 11.1. The second-order valence-corrected chi connectivity index (χ2v) is 4.79. The standard InChI is InChI=1S/C13H17N7/c1-9-6-10(2)20(19-9)5-3-4-14-12-11-7-17-18-13(11)16-8-15-12/h6-8H,3-5H2,1-2H3,(H2,14,15,16,17,18). The van der Waals surface area contributed by atoms with E-state index in [2.05, 4.69) is 43.6 Å². The minimum atomic E-state index is 0.751. The summed E-state index contributed by atoms with van der Waals surface area (Å²) in [4.78, 5) is 8.35. The van der Waals surface area contributed by atoms with E-state index < -0.39 is 0 Å². The number of H-pyrrole nitrogens is 1. The van der Waals surface area contributed by atoms with Gasteiger partial charge in [-0.05, 0) is 26.3 Å². The predicted molar refractivity (Wildman–Crippen MR) is 76.5 cm³/mol. The van der Waals surface area contributed by atoms with E-state index in [1.165, 1.54) is 12.0 Å². The van der Waals surface area contributed by atoms with Crippen LogP contribution in [0.25, 0.3) is 11.0 Å². The smallest absolute Gasteiger partial charge is 0.160 e. The van der Waals surface area contributed by atoms with Gasteiger partial charge >= 0.3 is 0 Å². The van der Waals surface area contributed by atoms with Crippen LogP contribution in [0.4, 0.5) is 5.82 Å². The van der Waals surface area contributed by atoms with Crippen LogP contribution in [0.3, 0.4) is 0 Å². The van der Waals surface area contributed by atoms with Gasteiger partial charge in [-0.2, -0.15) is 10.2 Å². The van der Waals surface area contributed by atoms with Crippen LogP contribution in [0.15, 0.2) is 18.6 Å². The van der Waals surface area contributed by atoms with Gasteiger partial charge in [0.05, 0.1) is 17.3 Å². The summed E-state index contributed by atoms with van der Waals surface area (Å²) in [6, 6.07) is 2.09. The first-order valence-electron chi connectivity index (χ1n) is 6.63. The van der Waals surface area contributed by atoms with Gasteiger partial charge in [-0.15, -0.1) is 0 Å². The van der Waals surface area contributed by atoms with Crippen LogP contribution in [0.2, 0.25) is 0 Å². The van der Waals surface area contributed by atoms with E-state index in [9.17, 15) is 0 Å². The maximum absolute atomic E-state index is 4.44. The minimum absolute atomic E-state index is 0.751. The fourth-order valence-electron chi connectivity index (χ4n) is 2.24. The Morgan fingerprint density at radius 2 is 2.20 bits per heavy atom. The van der Waals surface area contributed by atoms with Crippen LogP contribution >= 0.6 is 0 Å². The number of aryl methyl sites for hydroxylation is 3. The Balaban J connectivity index is 1.58. The van der Waals surface area contributed by atoms with Gasteiger partial charge in [0, 0.05) is 18.8 Å². The van der Waals surface area contributed by atoms with Crippen molar-refractivity contribution < 1.29 is 0 Å². The molecule has 3 aromatic heterocycles. The van der Waals surface area contributed by atoms with E-state index in [-0.39, 0.29) is 0 Å². The van der Waals surface area contributed by atoms with Crippen molar-refractivity contribution in [3.63, 3.8) is 0 Å². The van der Waals surface area contributed by atoms with E-state index in [4.69, 9.17) is 0 Å². The topological polar surface area (TPSA) is 84.3 Å². The summed E-state index contributed by atoms with van der Waals surface area (Å²) in [7, 11) is 0. The molecular weight excluding hydrogens is 254 g/mol. The fraction of sp³-hybridized carbons (Fsp3) is 0.385. The van der Waals surface area contributed by atoms with Gasteiger partial charge in [-0.25, -0.2) is 9.97 Å². The first-order chi connectivity index (χ1) is 9.74. The number of aromatic amines is 1. The van der Waals surface area contributed by atoms with Crippen molar-refractivity contribution in [3.05, 3.63) is 30.0 Å². The number of fused-ring (bicyclic) bond motifs is 1. The van der Waals surface area contributed by atoms with Gasteiger partial charge in [0.15, 0.2) is 5.65 Å². The van der Waals surface area contributed by atoms with Gasteiger partial charge in [0.2, 0.25) is 0 Å². The second-order valence-electron chi connectivity index (χ2n) is 4.79. The van der Waals surface area contributed by atoms with Crippen molar-refractivity contribution in [1.29, 1.82) is 0 Å². The van der Waals surface area contributed by atoms with Crippen LogP contribution in [0.1, 0.15) is 17.8 Å². The maximum atomic E-state index is 4.44. The summed E-state index contributed by atoms with van der Waals surface area (Å²) in [5, 5.41) is 15.5. The van der Waals surface area contributed by atoms with E-state index in [0.717, 1.165) is 42.1 Å². The lowest BCUT2D eigenvalue weighted by atomic mass is 10.3. The molecule has 0 aliphatic carbocycles. The Kier molecular flexibility index (Phi) is 3.32. The molecular formula is C13H17N7. The quantitative estimate of drug-likeness (QED) is 0.689. The Morgan fingerprint density at radius 3 is 3.00 bits per heavy atom. The van der Waals surface area contributed by atoms with Gasteiger partial charge < -0.3 is 5.32 Å². The first-order valence-corrected chi connectivity index (χ1v) is 6.63. The average Bonchev–Trinajstić information content (AvgIpc) is 3.01. The van der Waals surface area contributed by atoms with Crippen LogP contribution < -0.4 is 5.32 Å². The lowest BCUT2D eigenvalue weighted by molar-refractivity contribution is 0.573. The molecule has 2 N–H and O–H groups in total. The van der Waals surface area contributed by atoms with E-state index in [1.807, 2.05) is 11.6 Å². The minimum Gasteiger partial charge on any atom is -0.369 e. The number of rotatable bonds is 5. The molecule has 0 saturated carbocycles. The van der Waals surface area contributed by atoms with Gasteiger partial charge in [-0.3, -0.25) is 9.78 Å². The van der Waals surface area contributed by atoms with Gasteiger partial charge in [-0.1, -0.05) is 0 Å². The zero-order valence-corrected chi connectivity index (χ0v) is 11.6. The Hall–Kier alpha value is -2.44. The molecule has 7 heteroatoms. The van der Waals surface area contributed by atoms with Crippen LogP contribution in [0.5, 0.6) is 0 Å². The molecule has 104 valence electrons. The molecule has 3 rings (SSSR count). The molecule has 0 aliphatic rings. The summed E-state index contributed by atoms with van der Waals surface area (Å²) in [5.41, 5.74) is 3.01. The molecule has 20 heavy (non-hydrogen) atoms. The fourth-order valence-corrected chi connectivity index (χ4v) is 2.24. The summed E-state index contributed by atoms with van der Waals surface area (Å²) in [6.45, 7) is 5.81. The van der Waals surface area contributed by atoms with Crippen molar-refractivity contribution in [2.45, 2.75) is 26.8 Å². The number of nitrogens with zero attached hydrogens (tertiary/aromatic N) is 5. The lowest BCUT2D eigenvalue weighted by Gasteiger charge is -2.07. The lowest BCUT2D eigenvalue weighted by Crippen LogP contribution is -2.09. The van der Waals surface area contributed by atoms with Crippen molar-refractivity contribution in [3.8, 4) is 0 Å². The Morgan fingerprint density at radius 1 is 1.30 bits per heavy atom. The van der Waals surface area contributed by atoms with E-state index in [0.29, 0.717) is 0 Å². The molecule has 0 aliphatic heterocycles. The number of hydrogen-bond acceptors (Lipinski definition) is 5. The second kappa shape index (κ2) is 5.28. The van der Waals surface area contributed by atoms with E-state index >= 15 is 0 Å². The molecule has 0 unspecified atom stereocenters. The van der Waals surface area contributed by atoms with Crippen molar-refractivity contribution in [2.24, 2.45) is 0 Å². The largest absolute Gasteiger partial charge is 0.369 e. The Labute approximate surface area is 116 Å². The molecule has 3 heterocycles. The van der Waals surface area contributed by atoms with Crippen molar-refractivity contribution >= 4 is 16.9 Å². The number of hydrogen-bond donors (Lipinski definition) is 2. The average molecular weight is 271 g/mol. The summed E-state index contributed by atoms with van der Waals surface area (Å²) >= 11 is 0. The molecule has 0 saturated heterocycles. The van der Waals surface area contributed by atoms with Crippen molar-refractivity contribution in [1.82, 2.24) is 29.9 Å². The highest BCUT2D eigenvalue weighted by molar-refractivity contribution is 5.85. The molecule has 0 radical (unpaired) electrons. The van der Waals surface area contributed by atoms with E-state index in [1.54, 1.807) is 6.20 Å². The van der Waals surface area contributed by atoms with Gasteiger partial charge in [0.1, 0.15) is 12.1 Å². The highest BCUT2D eigenvalue weighted by atomic mass is 15.3. The molecule has 0 fully saturated rings. The van der Waals surface area contributed by atoms with Crippen LogP contribution in [0, 0.1) is 13.8 Å². The Bertz CT molecular complexity index is 712. The number of nitrogens with one attached hydrogen (secondary N) is 2. The third-order valence-electron chi connectivity index (χ3n) is 3.19. The first kappa shape index (κ1) is 12.6. The highest BCUT2D eigenvalue weighted by Gasteiger charge is 2.05. The van der Waals surface area contributed by atoms with Crippen LogP contribution in [-0.2, 0) is 6.54 Å². The predicted octanol–water partition coefficient (Wildman–Crippen LogP) is 1.67. The third-order valence-corrected chi connectivity index (χ3v) is 3.19. The third kappa shape index (κ3) is 2.47. The summed E-state index contributed by atoms with van der Waals surface area (Å²) in [6.07, 6.45) is 4.24. The number of aromatic nitrogens is 6. The molecule has 7 nitrogen and oxygen atoms in total. The molecule has 0 atom stereocenters. The highest BCUT2D eigenvalue weighted by Crippen LogP contribution is 2.15. The zero-order chi connectivity index (χ0) is 13.9. The summed E-state index contributed by atoms with van der Waals surface area (Å²) < 4.78 is 2.03. The van der Waals surface area contributed by atoms with Crippen molar-refractivity contribution in [2.75, 3.05) is 11.9 Å².